The van der Waals surface area contributed by atoms with Crippen LogP contribution in [-0.4, -0.2) is 48.0 Å². The lowest BCUT2D eigenvalue weighted by atomic mass is 10.1. The fourth-order valence-corrected chi connectivity index (χ4v) is 4.45. The van der Waals surface area contributed by atoms with E-state index >= 15 is 0 Å². The van der Waals surface area contributed by atoms with Gasteiger partial charge in [-0.05, 0) is 30.7 Å². The van der Waals surface area contributed by atoms with Crippen molar-refractivity contribution in [2.75, 3.05) is 31.9 Å². The molecule has 0 aromatic heterocycles. The number of para-hydroxylation sites is 1. The van der Waals surface area contributed by atoms with Gasteiger partial charge in [0.1, 0.15) is 6.04 Å². The molecule has 2 aromatic rings. The van der Waals surface area contributed by atoms with Gasteiger partial charge in [0.2, 0.25) is 21.7 Å². The Morgan fingerprint density at radius 3 is 2.13 bits per heavy atom. The smallest absolute Gasteiger partial charge is 0.244 e. The Labute approximate surface area is 177 Å². The van der Waals surface area contributed by atoms with E-state index in [0.717, 1.165) is 10.6 Å². The number of nitrogens with one attached hydrogen (secondary N) is 1. The van der Waals surface area contributed by atoms with E-state index in [1.165, 1.54) is 21.3 Å². The predicted octanol–water partition coefficient (Wildman–Crippen LogP) is 2.57. The number of methoxy groups -OCH3 is 3. The number of rotatable bonds is 10. The number of ether oxygens (including phenoxy) is 3. The molecule has 2 rings (SSSR count). The van der Waals surface area contributed by atoms with Crippen molar-refractivity contribution in [1.29, 1.82) is 0 Å². The average Bonchev–Trinajstić information content (AvgIpc) is 2.74. The number of nitrogens with zero attached hydrogens (tertiary/aromatic N) is 1. The minimum Gasteiger partial charge on any atom is -0.493 e. The Balaban J connectivity index is 2.29. The lowest BCUT2D eigenvalue weighted by Gasteiger charge is -2.30. The number of anilines is 1. The van der Waals surface area contributed by atoms with Crippen LogP contribution in [0.15, 0.2) is 42.5 Å². The zero-order valence-electron chi connectivity index (χ0n) is 17.8. The predicted molar refractivity (Wildman–Crippen MR) is 116 cm³/mol. The first-order chi connectivity index (χ1) is 14.3. The number of hydrogen-bond acceptors (Lipinski definition) is 6. The summed E-state index contributed by atoms with van der Waals surface area (Å²) < 4.78 is 42.1. The number of hydrogen-bond donors (Lipinski definition) is 1. The first-order valence-corrected chi connectivity index (χ1v) is 11.2. The van der Waals surface area contributed by atoms with Gasteiger partial charge in [-0.15, -0.1) is 0 Å². The van der Waals surface area contributed by atoms with Crippen molar-refractivity contribution in [3.8, 4) is 17.2 Å². The van der Waals surface area contributed by atoms with Gasteiger partial charge in [-0.1, -0.05) is 25.1 Å². The minimum absolute atomic E-state index is 0.130. The van der Waals surface area contributed by atoms with E-state index in [0.29, 0.717) is 34.9 Å². The first kappa shape index (κ1) is 23.3. The summed E-state index contributed by atoms with van der Waals surface area (Å²) in [5.41, 5.74) is 1.11. The Morgan fingerprint density at radius 1 is 1.00 bits per heavy atom. The third-order valence-corrected chi connectivity index (χ3v) is 5.76. The summed E-state index contributed by atoms with van der Waals surface area (Å²) in [6.45, 7) is 1.90. The Bertz CT molecular complexity index is 963. The zero-order valence-corrected chi connectivity index (χ0v) is 18.7. The molecule has 9 heteroatoms. The molecule has 0 spiro atoms. The first-order valence-electron chi connectivity index (χ1n) is 9.38. The quantitative estimate of drug-likeness (QED) is 0.615. The second-order valence-corrected chi connectivity index (χ2v) is 8.39. The van der Waals surface area contributed by atoms with Crippen molar-refractivity contribution in [2.24, 2.45) is 0 Å². The number of carbonyl (C=O) groups is 1. The molecule has 0 bridgehead atoms. The lowest BCUT2D eigenvalue weighted by Crippen LogP contribution is -2.49. The van der Waals surface area contributed by atoms with Crippen molar-refractivity contribution < 1.29 is 27.4 Å². The second kappa shape index (κ2) is 10.2. The Hall–Kier alpha value is -2.94. The van der Waals surface area contributed by atoms with Crippen molar-refractivity contribution in [2.45, 2.75) is 25.9 Å². The van der Waals surface area contributed by atoms with Gasteiger partial charge >= 0.3 is 0 Å². The molecular weight excluding hydrogens is 408 g/mol. The molecule has 0 radical (unpaired) electrons. The Morgan fingerprint density at radius 2 is 1.63 bits per heavy atom. The maximum atomic E-state index is 13.0. The van der Waals surface area contributed by atoms with Gasteiger partial charge in [0, 0.05) is 12.1 Å². The lowest BCUT2D eigenvalue weighted by molar-refractivity contribution is -0.122. The van der Waals surface area contributed by atoms with Gasteiger partial charge in [-0.25, -0.2) is 8.42 Å². The largest absolute Gasteiger partial charge is 0.493 e. The van der Waals surface area contributed by atoms with E-state index in [1.807, 2.05) is 0 Å². The van der Waals surface area contributed by atoms with E-state index in [9.17, 15) is 13.2 Å². The topological polar surface area (TPSA) is 94.2 Å². The second-order valence-electron chi connectivity index (χ2n) is 6.53. The molecule has 1 amide bonds. The molecule has 0 unspecified atom stereocenters. The third-order valence-electron chi connectivity index (χ3n) is 4.58. The van der Waals surface area contributed by atoms with Crippen LogP contribution in [0.4, 0.5) is 5.69 Å². The molecule has 30 heavy (non-hydrogen) atoms. The van der Waals surface area contributed by atoms with Gasteiger partial charge in [-0.3, -0.25) is 9.10 Å². The highest BCUT2D eigenvalue weighted by molar-refractivity contribution is 7.92. The van der Waals surface area contributed by atoms with E-state index in [2.05, 4.69) is 5.32 Å². The molecule has 1 N–H and O–H groups in total. The van der Waals surface area contributed by atoms with Crippen LogP contribution in [0.3, 0.4) is 0 Å². The summed E-state index contributed by atoms with van der Waals surface area (Å²) in [5, 5.41) is 2.81. The molecule has 164 valence electrons. The molecular formula is C21H28N2O6S. The van der Waals surface area contributed by atoms with Crippen LogP contribution in [0.5, 0.6) is 17.2 Å². The normalized spacial score (nSPS) is 12.0. The van der Waals surface area contributed by atoms with Crippen molar-refractivity contribution in [3.63, 3.8) is 0 Å². The number of benzene rings is 2. The molecule has 0 aliphatic heterocycles. The molecule has 8 nitrogen and oxygen atoms in total. The summed E-state index contributed by atoms with van der Waals surface area (Å²) >= 11 is 0. The molecule has 0 heterocycles. The van der Waals surface area contributed by atoms with Crippen molar-refractivity contribution in [3.05, 3.63) is 48.0 Å². The molecule has 0 saturated heterocycles. The van der Waals surface area contributed by atoms with Gasteiger partial charge in [0.25, 0.3) is 0 Å². The highest BCUT2D eigenvalue weighted by atomic mass is 32.2. The number of carbonyl (C=O) groups excluding carboxylic acids is 1. The summed E-state index contributed by atoms with van der Waals surface area (Å²) in [4.78, 5) is 13.0. The molecule has 2 aromatic carbocycles. The summed E-state index contributed by atoms with van der Waals surface area (Å²) in [6.07, 6.45) is 1.39. The summed E-state index contributed by atoms with van der Waals surface area (Å²) in [7, 11) is 0.841. The van der Waals surface area contributed by atoms with E-state index in [-0.39, 0.29) is 6.54 Å². The minimum atomic E-state index is -3.68. The van der Waals surface area contributed by atoms with E-state index in [4.69, 9.17) is 14.2 Å². The maximum absolute atomic E-state index is 13.0. The van der Waals surface area contributed by atoms with Crippen LogP contribution in [0, 0.1) is 0 Å². The van der Waals surface area contributed by atoms with E-state index < -0.39 is 22.0 Å². The van der Waals surface area contributed by atoms with Crippen LogP contribution >= 0.6 is 0 Å². The van der Waals surface area contributed by atoms with Gasteiger partial charge in [0.05, 0.1) is 33.3 Å². The van der Waals surface area contributed by atoms with E-state index in [1.54, 1.807) is 49.4 Å². The van der Waals surface area contributed by atoms with Gasteiger partial charge < -0.3 is 19.5 Å². The van der Waals surface area contributed by atoms with Crippen molar-refractivity contribution in [1.82, 2.24) is 5.32 Å². The zero-order chi connectivity index (χ0) is 22.3. The van der Waals surface area contributed by atoms with Crippen molar-refractivity contribution >= 4 is 21.6 Å². The maximum Gasteiger partial charge on any atom is 0.244 e. The van der Waals surface area contributed by atoms with Gasteiger partial charge in [0.15, 0.2) is 11.5 Å². The van der Waals surface area contributed by atoms with Crippen LogP contribution in [0.2, 0.25) is 0 Å². The molecule has 0 saturated carbocycles. The Kier molecular flexibility index (Phi) is 7.93. The van der Waals surface area contributed by atoms with Crippen LogP contribution in [-0.2, 0) is 21.4 Å². The number of sulfonamides is 1. The standard InChI is InChI=1S/C21H28N2O6S/c1-6-17(23(30(5,25)26)16-10-8-7-9-11-16)21(24)22-14-15-12-13-18(27-2)20(29-4)19(15)28-3/h7-13,17H,6,14H2,1-5H3,(H,22,24)/t17-/m1/s1. The SMILES string of the molecule is CC[C@H](C(=O)NCc1ccc(OC)c(OC)c1OC)N(c1ccccc1)S(C)(=O)=O. The molecule has 0 aliphatic carbocycles. The summed E-state index contributed by atoms with van der Waals surface area (Å²) in [5.74, 6) is 0.945. The number of amides is 1. The van der Waals surface area contributed by atoms with Crippen LogP contribution < -0.4 is 23.8 Å². The highest BCUT2D eigenvalue weighted by Gasteiger charge is 2.31. The molecule has 0 aliphatic rings. The van der Waals surface area contributed by atoms with Crippen LogP contribution in [0.1, 0.15) is 18.9 Å². The van der Waals surface area contributed by atoms with Gasteiger partial charge in [-0.2, -0.15) is 0 Å². The monoisotopic (exact) mass is 436 g/mol. The summed E-state index contributed by atoms with van der Waals surface area (Å²) in [6, 6.07) is 11.1. The third kappa shape index (κ3) is 5.15. The molecule has 1 atom stereocenters. The molecule has 0 fully saturated rings. The fraction of sp³-hybridized carbons (Fsp3) is 0.381. The average molecular weight is 437 g/mol. The fourth-order valence-electron chi connectivity index (χ4n) is 3.24. The highest BCUT2D eigenvalue weighted by Crippen LogP contribution is 2.39. The van der Waals surface area contributed by atoms with Crippen LogP contribution in [0.25, 0.3) is 0 Å².